The highest BCUT2D eigenvalue weighted by molar-refractivity contribution is 6.05. The van der Waals surface area contributed by atoms with Gasteiger partial charge in [-0.15, -0.1) is 0 Å². The Kier molecular flexibility index (Phi) is 12.4. The van der Waals surface area contributed by atoms with Crippen LogP contribution in [0, 0.1) is 19.8 Å². The van der Waals surface area contributed by atoms with Crippen molar-refractivity contribution in [1.82, 2.24) is 15.0 Å². The summed E-state index contributed by atoms with van der Waals surface area (Å²) in [5, 5.41) is 19.9. The average molecular weight is 650 g/mol. The number of likely N-dealkylation sites (N-methyl/N-ethyl adjacent to an activating group) is 1. The summed E-state index contributed by atoms with van der Waals surface area (Å²) in [4.78, 5) is 43.6. The highest BCUT2D eigenvalue weighted by atomic mass is 16.5. The number of ether oxygens (including phenoxy) is 2. The van der Waals surface area contributed by atoms with Gasteiger partial charge in [0.05, 0.1) is 30.4 Å². The molecule has 3 aromatic rings. The van der Waals surface area contributed by atoms with Gasteiger partial charge in [-0.3, -0.25) is 9.59 Å². The topological polar surface area (TPSA) is 146 Å². The fourth-order valence-electron chi connectivity index (χ4n) is 5.47. The van der Waals surface area contributed by atoms with Crippen LogP contribution in [-0.2, 0) is 4.74 Å². The zero-order chi connectivity index (χ0) is 34.1. The lowest BCUT2D eigenvalue weighted by Gasteiger charge is -2.35. The number of aliphatic hydroxyl groups is 1. The Morgan fingerprint density at radius 3 is 2.53 bits per heavy atom. The second-order valence-corrected chi connectivity index (χ2v) is 12.3. The Balaban J connectivity index is 1.60. The zero-order valence-electron chi connectivity index (χ0n) is 28.1. The minimum atomic E-state index is -0.535. The van der Waals surface area contributed by atoms with Crippen LogP contribution >= 0.6 is 0 Å². The molecular formula is C35H47N5O7. The van der Waals surface area contributed by atoms with Gasteiger partial charge in [0.15, 0.2) is 5.76 Å². The van der Waals surface area contributed by atoms with Crippen molar-refractivity contribution in [2.24, 2.45) is 5.92 Å². The summed E-state index contributed by atoms with van der Waals surface area (Å²) < 4.78 is 17.8. The van der Waals surface area contributed by atoms with Crippen molar-refractivity contribution in [2.75, 3.05) is 44.0 Å². The summed E-state index contributed by atoms with van der Waals surface area (Å²) in [5.41, 5.74) is 2.33. The van der Waals surface area contributed by atoms with Crippen LogP contribution < -0.4 is 15.4 Å². The van der Waals surface area contributed by atoms with Gasteiger partial charge in [-0.1, -0.05) is 30.3 Å². The number of urea groups is 1. The van der Waals surface area contributed by atoms with Gasteiger partial charge in [0, 0.05) is 43.9 Å². The number of rotatable bonds is 7. The summed E-state index contributed by atoms with van der Waals surface area (Å²) in [6.07, 6.45) is 1.77. The molecule has 2 heterocycles. The summed E-state index contributed by atoms with van der Waals surface area (Å²) in [6, 6.07) is 13.0. The Morgan fingerprint density at radius 1 is 1.11 bits per heavy atom. The monoisotopic (exact) mass is 649 g/mol. The number of aromatic nitrogens is 1. The maximum atomic E-state index is 14.3. The molecule has 47 heavy (non-hydrogen) atoms. The number of hydrogen-bond donors (Lipinski definition) is 3. The van der Waals surface area contributed by atoms with Crippen molar-refractivity contribution in [3.8, 4) is 5.75 Å². The van der Waals surface area contributed by atoms with Crippen LogP contribution in [0.2, 0.25) is 0 Å². The molecule has 4 rings (SSSR count). The van der Waals surface area contributed by atoms with E-state index in [-0.39, 0.29) is 55.1 Å². The van der Waals surface area contributed by atoms with Crippen LogP contribution in [-0.4, -0.2) is 89.5 Å². The lowest BCUT2D eigenvalue weighted by atomic mass is 10.0. The fraction of sp³-hybridized carbons (Fsp3) is 0.486. The molecule has 0 saturated carbocycles. The first-order chi connectivity index (χ1) is 22.5. The largest absolute Gasteiger partial charge is 0.490 e. The minimum absolute atomic E-state index is 0.188. The van der Waals surface area contributed by atoms with Gasteiger partial charge in [0.1, 0.15) is 17.1 Å². The fourth-order valence-corrected chi connectivity index (χ4v) is 5.47. The molecule has 0 fully saturated rings. The molecule has 0 bridgehead atoms. The van der Waals surface area contributed by atoms with Crippen molar-refractivity contribution in [3.05, 3.63) is 71.1 Å². The average Bonchev–Trinajstić information content (AvgIpc) is 3.38. The summed E-state index contributed by atoms with van der Waals surface area (Å²) in [5.74, 6) is 0.0416. The second kappa shape index (κ2) is 16.4. The molecule has 4 amide bonds. The van der Waals surface area contributed by atoms with Crippen LogP contribution in [0.15, 0.2) is 53.1 Å². The Labute approximate surface area is 276 Å². The van der Waals surface area contributed by atoms with Crippen molar-refractivity contribution >= 4 is 29.2 Å². The molecule has 12 nitrogen and oxygen atoms in total. The molecule has 1 aliphatic heterocycles. The number of amides is 4. The summed E-state index contributed by atoms with van der Waals surface area (Å²) >= 11 is 0. The molecule has 0 unspecified atom stereocenters. The van der Waals surface area contributed by atoms with Gasteiger partial charge < -0.3 is 39.5 Å². The normalized spacial score (nSPS) is 19.9. The standard InChI is InChI=1S/C35H47N5O7/c1-22-19-40(23(2)21-41)34(43)29-18-28(36-33(42)27-13-8-7-9-14-27)15-16-30(29)46-24(3)12-10-11-17-45-31(22)20-39(6)35(44)37-32-25(4)38-47-26(32)5/h7-9,13-16,18,22-24,31,41H,10-12,17,19-21H2,1-6H3,(H,36,42)(H,37,44)/t22-,23-,24-,31+/m0/s1. The minimum Gasteiger partial charge on any atom is -0.490 e. The second-order valence-electron chi connectivity index (χ2n) is 12.3. The molecule has 0 spiro atoms. The summed E-state index contributed by atoms with van der Waals surface area (Å²) in [6.45, 7) is 9.90. The molecule has 1 aliphatic rings. The molecule has 12 heteroatoms. The van der Waals surface area contributed by atoms with Crippen LogP contribution in [0.4, 0.5) is 16.2 Å². The number of carbonyl (C=O) groups is 3. The van der Waals surface area contributed by atoms with Gasteiger partial charge in [-0.25, -0.2) is 4.79 Å². The molecule has 4 atom stereocenters. The van der Waals surface area contributed by atoms with E-state index >= 15 is 0 Å². The third-order valence-corrected chi connectivity index (χ3v) is 8.41. The number of nitrogens with zero attached hydrogens (tertiary/aromatic N) is 3. The van der Waals surface area contributed by atoms with Crippen molar-refractivity contribution < 1.29 is 33.5 Å². The lowest BCUT2D eigenvalue weighted by molar-refractivity contribution is -0.0115. The third kappa shape index (κ3) is 9.32. The van der Waals surface area contributed by atoms with Gasteiger partial charge in [-0.2, -0.15) is 0 Å². The van der Waals surface area contributed by atoms with E-state index in [1.165, 1.54) is 0 Å². The molecule has 1 aromatic heterocycles. The predicted molar refractivity (Wildman–Crippen MR) is 179 cm³/mol. The maximum Gasteiger partial charge on any atom is 0.321 e. The van der Waals surface area contributed by atoms with E-state index in [0.29, 0.717) is 40.7 Å². The highest BCUT2D eigenvalue weighted by Gasteiger charge is 2.31. The molecule has 0 saturated heterocycles. The van der Waals surface area contributed by atoms with Crippen LogP contribution in [0.1, 0.15) is 72.2 Å². The van der Waals surface area contributed by atoms with E-state index in [2.05, 4.69) is 15.8 Å². The zero-order valence-corrected chi connectivity index (χ0v) is 28.1. The van der Waals surface area contributed by atoms with E-state index in [4.69, 9.17) is 14.0 Å². The van der Waals surface area contributed by atoms with Crippen LogP contribution in [0.5, 0.6) is 5.75 Å². The van der Waals surface area contributed by atoms with Crippen molar-refractivity contribution in [2.45, 2.75) is 72.1 Å². The van der Waals surface area contributed by atoms with Gasteiger partial charge >= 0.3 is 6.03 Å². The number of aliphatic hydroxyl groups excluding tert-OH is 1. The number of fused-ring (bicyclic) bond motifs is 1. The number of carbonyl (C=O) groups excluding carboxylic acids is 3. The lowest BCUT2D eigenvalue weighted by Crippen LogP contribution is -2.48. The first kappa shape index (κ1) is 35.4. The van der Waals surface area contributed by atoms with E-state index in [0.717, 1.165) is 19.3 Å². The number of nitrogens with one attached hydrogen (secondary N) is 2. The first-order valence-electron chi connectivity index (χ1n) is 16.1. The number of hydrogen-bond acceptors (Lipinski definition) is 8. The summed E-state index contributed by atoms with van der Waals surface area (Å²) in [7, 11) is 1.69. The quantitative estimate of drug-likeness (QED) is 0.304. The van der Waals surface area contributed by atoms with Gasteiger partial charge in [0.25, 0.3) is 11.8 Å². The van der Waals surface area contributed by atoms with Gasteiger partial charge in [-0.05, 0) is 77.3 Å². The molecule has 0 radical (unpaired) electrons. The molecular weight excluding hydrogens is 602 g/mol. The van der Waals surface area contributed by atoms with E-state index in [1.807, 2.05) is 19.9 Å². The predicted octanol–water partition coefficient (Wildman–Crippen LogP) is 5.50. The Bertz CT molecular complexity index is 1490. The SMILES string of the molecule is Cc1noc(C)c1NC(=O)N(C)C[C@H]1OCCCC[C@H](C)Oc2ccc(NC(=O)c3ccccc3)cc2C(=O)N([C@@H](C)CO)C[C@@H]1C. The number of anilines is 2. The Morgan fingerprint density at radius 2 is 1.85 bits per heavy atom. The molecule has 2 aromatic carbocycles. The maximum absolute atomic E-state index is 14.3. The molecule has 0 aliphatic carbocycles. The molecule has 3 N–H and O–H groups in total. The van der Waals surface area contributed by atoms with E-state index in [1.54, 1.807) is 80.1 Å². The third-order valence-electron chi connectivity index (χ3n) is 8.41. The van der Waals surface area contributed by atoms with Crippen LogP contribution in [0.25, 0.3) is 0 Å². The smallest absolute Gasteiger partial charge is 0.321 e. The highest BCUT2D eigenvalue weighted by Crippen LogP contribution is 2.29. The number of aryl methyl sites for hydroxylation is 2. The first-order valence-corrected chi connectivity index (χ1v) is 16.1. The number of benzene rings is 2. The van der Waals surface area contributed by atoms with Crippen molar-refractivity contribution in [1.29, 1.82) is 0 Å². The molecule has 254 valence electrons. The van der Waals surface area contributed by atoms with E-state index < -0.39 is 12.1 Å². The van der Waals surface area contributed by atoms with Crippen molar-refractivity contribution in [3.63, 3.8) is 0 Å². The van der Waals surface area contributed by atoms with E-state index in [9.17, 15) is 19.5 Å². The van der Waals surface area contributed by atoms with Gasteiger partial charge in [0.2, 0.25) is 0 Å². The van der Waals surface area contributed by atoms with Crippen LogP contribution in [0.3, 0.4) is 0 Å². The Hall–Kier alpha value is -4.42.